The third-order valence-electron chi connectivity index (χ3n) is 4.37. The maximum absolute atomic E-state index is 5.90. The van der Waals surface area contributed by atoms with Crippen LogP contribution in [0, 0.1) is 0 Å². The second-order valence-electron chi connectivity index (χ2n) is 6.58. The summed E-state index contributed by atoms with van der Waals surface area (Å²) in [4.78, 5) is 4.72. The first kappa shape index (κ1) is 19.1. The molecule has 146 valence electrons. The molecule has 3 rings (SSSR count). The van der Waals surface area contributed by atoms with Gasteiger partial charge >= 0.3 is 0 Å². The van der Waals surface area contributed by atoms with Crippen molar-refractivity contribution in [3.8, 4) is 11.5 Å². The lowest BCUT2D eigenvalue weighted by Gasteiger charge is -2.13. The Morgan fingerprint density at radius 3 is 2.93 bits per heavy atom. The quantitative estimate of drug-likeness (QED) is 0.550. The summed E-state index contributed by atoms with van der Waals surface area (Å²) in [5.41, 5.74) is 2.25. The summed E-state index contributed by atoms with van der Waals surface area (Å²) in [6.07, 6.45) is 3.65. The van der Waals surface area contributed by atoms with Gasteiger partial charge in [0.05, 0.1) is 19.4 Å². The van der Waals surface area contributed by atoms with Crippen molar-refractivity contribution in [3.63, 3.8) is 0 Å². The van der Waals surface area contributed by atoms with Crippen LogP contribution in [0.25, 0.3) is 0 Å². The van der Waals surface area contributed by atoms with Crippen LogP contribution in [0.3, 0.4) is 0 Å². The van der Waals surface area contributed by atoms with E-state index in [1.54, 1.807) is 6.26 Å². The highest BCUT2D eigenvalue weighted by atomic mass is 16.5. The molecule has 1 aromatic carbocycles. The van der Waals surface area contributed by atoms with Crippen molar-refractivity contribution in [3.05, 3.63) is 47.4 Å². The number of fused-ring (bicyclic) bond motifs is 1. The Kier molecular flexibility index (Phi) is 6.63. The highest BCUT2D eigenvalue weighted by molar-refractivity contribution is 5.79. The molecule has 1 atom stereocenters. The first-order chi connectivity index (χ1) is 13.2. The van der Waals surface area contributed by atoms with Crippen molar-refractivity contribution in [2.24, 2.45) is 4.99 Å². The molecular weight excluding hydrogens is 342 g/mol. The van der Waals surface area contributed by atoms with E-state index in [2.05, 4.69) is 36.6 Å². The van der Waals surface area contributed by atoms with E-state index in [0.717, 1.165) is 54.7 Å². The minimum absolute atomic E-state index is 0.216. The average Bonchev–Trinajstić information content (AvgIpc) is 3.28. The van der Waals surface area contributed by atoms with E-state index < -0.39 is 0 Å². The average molecular weight is 371 g/mol. The third kappa shape index (κ3) is 5.18. The maximum Gasteiger partial charge on any atom is 0.191 e. The van der Waals surface area contributed by atoms with Crippen LogP contribution in [0.1, 0.15) is 37.7 Å². The van der Waals surface area contributed by atoms with Gasteiger partial charge < -0.3 is 24.5 Å². The molecule has 6 nitrogen and oxygen atoms in total. The smallest absolute Gasteiger partial charge is 0.191 e. The fourth-order valence-corrected chi connectivity index (χ4v) is 3.16. The molecule has 0 aliphatic carbocycles. The van der Waals surface area contributed by atoms with E-state index in [1.807, 2.05) is 19.1 Å². The molecule has 1 unspecified atom stereocenters. The summed E-state index contributed by atoms with van der Waals surface area (Å²) < 4.78 is 17.1. The molecule has 0 fully saturated rings. The number of ether oxygens (including phenoxy) is 2. The van der Waals surface area contributed by atoms with Gasteiger partial charge in [-0.1, -0.05) is 0 Å². The fourth-order valence-electron chi connectivity index (χ4n) is 3.16. The Morgan fingerprint density at radius 2 is 2.19 bits per heavy atom. The predicted octanol–water partition coefficient (Wildman–Crippen LogP) is 3.30. The number of nitrogens with one attached hydrogen (secondary N) is 2. The van der Waals surface area contributed by atoms with Crippen molar-refractivity contribution in [1.29, 1.82) is 0 Å². The molecule has 1 aliphatic rings. The van der Waals surface area contributed by atoms with Gasteiger partial charge in [-0.15, -0.1) is 0 Å². The highest BCUT2D eigenvalue weighted by Gasteiger charge is 2.21. The van der Waals surface area contributed by atoms with Crippen molar-refractivity contribution >= 4 is 5.96 Å². The Bertz CT molecular complexity index is 756. The van der Waals surface area contributed by atoms with Crippen molar-refractivity contribution in [2.45, 2.75) is 46.3 Å². The van der Waals surface area contributed by atoms with Crippen molar-refractivity contribution in [2.75, 3.05) is 19.7 Å². The number of rotatable bonds is 8. The SMILES string of the molecule is CCNC(=NCc1cc2c(cc1OCC)CC(C)O2)NCCc1ccco1. The molecule has 27 heavy (non-hydrogen) atoms. The van der Waals surface area contributed by atoms with E-state index in [4.69, 9.17) is 18.9 Å². The van der Waals surface area contributed by atoms with Crippen LogP contribution in [0.5, 0.6) is 11.5 Å². The zero-order valence-corrected chi connectivity index (χ0v) is 16.4. The molecule has 0 saturated heterocycles. The molecule has 0 radical (unpaired) electrons. The van der Waals surface area contributed by atoms with Crippen LogP contribution < -0.4 is 20.1 Å². The van der Waals surface area contributed by atoms with Gasteiger partial charge in [0, 0.05) is 37.1 Å². The summed E-state index contributed by atoms with van der Waals surface area (Å²) in [6, 6.07) is 8.05. The second kappa shape index (κ2) is 9.35. The molecule has 0 saturated carbocycles. The molecular formula is C21H29N3O3. The van der Waals surface area contributed by atoms with Crippen LogP contribution in [-0.4, -0.2) is 31.8 Å². The van der Waals surface area contributed by atoms with Gasteiger partial charge in [0.15, 0.2) is 5.96 Å². The summed E-state index contributed by atoms with van der Waals surface area (Å²) in [5, 5.41) is 6.63. The molecule has 0 spiro atoms. The number of hydrogen-bond donors (Lipinski definition) is 2. The summed E-state index contributed by atoms with van der Waals surface area (Å²) >= 11 is 0. The normalized spacial score (nSPS) is 16.0. The van der Waals surface area contributed by atoms with Gasteiger partial charge in [0.1, 0.15) is 23.4 Å². The van der Waals surface area contributed by atoms with E-state index in [9.17, 15) is 0 Å². The largest absolute Gasteiger partial charge is 0.494 e. The summed E-state index contributed by atoms with van der Waals surface area (Å²) in [5.74, 6) is 3.58. The molecule has 6 heteroatoms. The number of guanidine groups is 1. The minimum Gasteiger partial charge on any atom is -0.494 e. The number of hydrogen-bond acceptors (Lipinski definition) is 4. The Balaban J connectivity index is 1.68. The zero-order valence-electron chi connectivity index (χ0n) is 16.4. The summed E-state index contributed by atoms with van der Waals surface area (Å²) in [6.45, 7) is 8.85. The standard InChI is InChI=1S/C21H29N3O3/c1-4-22-21(23-9-8-18-7-6-10-26-18)24-14-17-13-20-16(11-15(3)27-20)12-19(17)25-5-2/h6-7,10,12-13,15H,4-5,8-9,11,14H2,1-3H3,(H2,22,23,24). The number of nitrogens with zero attached hydrogens (tertiary/aromatic N) is 1. The van der Waals surface area contributed by atoms with E-state index >= 15 is 0 Å². The van der Waals surface area contributed by atoms with E-state index in [-0.39, 0.29) is 6.10 Å². The number of benzene rings is 1. The Labute approximate surface area is 161 Å². The molecule has 2 heterocycles. The Hall–Kier alpha value is -2.63. The number of aliphatic imine (C=N–C) groups is 1. The molecule has 2 aromatic rings. The fraction of sp³-hybridized carbons (Fsp3) is 0.476. The lowest BCUT2D eigenvalue weighted by atomic mass is 10.1. The lowest BCUT2D eigenvalue weighted by molar-refractivity contribution is 0.254. The molecule has 1 aliphatic heterocycles. The van der Waals surface area contributed by atoms with Gasteiger partial charge in [0.2, 0.25) is 0 Å². The zero-order chi connectivity index (χ0) is 19.1. The second-order valence-corrected chi connectivity index (χ2v) is 6.58. The van der Waals surface area contributed by atoms with Crippen LogP contribution >= 0.6 is 0 Å². The molecule has 1 aromatic heterocycles. The van der Waals surface area contributed by atoms with Crippen LogP contribution in [0.2, 0.25) is 0 Å². The lowest BCUT2D eigenvalue weighted by Crippen LogP contribution is -2.38. The molecule has 0 bridgehead atoms. The van der Waals surface area contributed by atoms with E-state index in [0.29, 0.717) is 13.2 Å². The van der Waals surface area contributed by atoms with Crippen LogP contribution in [0.4, 0.5) is 0 Å². The molecule has 2 N–H and O–H groups in total. The van der Waals surface area contributed by atoms with Crippen LogP contribution in [0.15, 0.2) is 39.9 Å². The highest BCUT2D eigenvalue weighted by Crippen LogP contribution is 2.35. The Morgan fingerprint density at radius 1 is 1.30 bits per heavy atom. The van der Waals surface area contributed by atoms with Crippen molar-refractivity contribution < 1.29 is 13.9 Å². The van der Waals surface area contributed by atoms with Crippen molar-refractivity contribution in [1.82, 2.24) is 10.6 Å². The number of furan rings is 1. The van der Waals surface area contributed by atoms with E-state index in [1.165, 1.54) is 5.56 Å². The van der Waals surface area contributed by atoms with Gasteiger partial charge in [-0.25, -0.2) is 4.99 Å². The van der Waals surface area contributed by atoms with Gasteiger partial charge in [-0.05, 0) is 45.0 Å². The first-order valence-corrected chi connectivity index (χ1v) is 9.69. The van der Waals surface area contributed by atoms with Gasteiger partial charge in [0.25, 0.3) is 0 Å². The summed E-state index contributed by atoms with van der Waals surface area (Å²) in [7, 11) is 0. The van der Waals surface area contributed by atoms with Gasteiger partial charge in [-0.2, -0.15) is 0 Å². The minimum atomic E-state index is 0.216. The topological polar surface area (TPSA) is 68.0 Å². The predicted molar refractivity (Wildman–Crippen MR) is 107 cm³/mol. The maximum atomic E-state index is 5.90. The third-order valence-corrected chi connectivity index (χ3v) is 4.37. The van der Waals surface area contributed by atoms with Crippen LogP contribution in [-0.2, 0) is 19.4 Å². The van der Waals surface area contributed by atoms with Gasteiger partial charge in [-0.3, -0.25) is 0 Å². The first-order valence-electron chi connectivity index (χ1n) is 9.69. The molecule has 0 amide bonds. The monoisotopic (exact) mass is 371 g/mol.